The van der Waals surface area contributed by atoms with Crippen LogP contribution in [0.3, 0.4) is 0 Å². The number of rotatable bonds is 1. The van der Waals surface area contributed by atoms with E-state index in [1.807, 2.05) is 0 Å². The molecule has 3 fully saturated rings. The standard InChI is InChI=1S/C22H28O8/c1-9(23)29-18-16-15-11(7-13-10(5-6-28-13)14(15)19(26)30-16)21(4)17(25)12(24)8-20(2,3)22(18,21)27/h5-6,11-12,14-18,24-25,27H,7-8H2,1-4H3/t11-,12+,14-,15-,16-,17+,18+,21+,22+/m1/s1. The Labute approximate surface area is 174 Å². The number of aliphatic hydroxyl groups is 3. The molecule has 5 rings (SSSR count). The molecule has 8 heteroatoms. The summed E-state index contributed by atoms with van der Waals surface area (Å²) < 4.78 is 17.1. The predicted octanol–water partition coefficient (Wildman–Crippen LogP) is 0.911. The maximum Gasteiger partial charge on any atom is 0.314 e. The molecule has 3 N–H and O–H groups in total. The highest BCUT2D eigenvalue weighted by Gasteiger charge is 2.79. The van der Waals surface area contributed by atoms with Crippen LogP contribution in [0.1, 0.15) is 51.4 Å². The third kappa shape index (κ3) is 2.07. The second-order valence-corrected chi connectivity index (χ2v) is 10.2. The quantitative estimate of drug-likeness (QED) is 0.573. The fourth-order valence-corrected chi connectivity index (χ4v) is 7.34. The van der Waals surface area contributed by atoms with Crippen molar-refractivity contribution in [1.82, 2.24) is 0 Å². The summed E-state index contributed by atoms with van der Waals surface area (Å²) in [5, 5.41) is 34.4. The molecule has 4 aliphatic rings. The van der Waals surface area contributed by atoms with Crippen LogP contribution in [-0.4, -0.2) is 57.3 Å². The monoisotopic (exact) mass is 420 g/mol. The molecular weight excluding hydrogens is 392 g/mol. The van der Waals surface area contributed by atoms with Gasteiger partial charge in [-0.25, -0.2) is 0 Å². The van der Waals surface area contributed by atoms with Gasteiger partial charge in [0, 0.05) is 35.7 Å². The average molecular weight is 420 g/mol. The zero-order chi connectivity index (χ0) is 21.8. The molecule has 0 bridgehead atoms. The van der Waals surface area contributed by atoms with Crippen LogP contribution in [0.2, 0.25) is 0 Å². The van der Waals surface area contributed by atoms with Crippen LogP contribution >= 0.6 is 0 Å². The summed E-state index contributed by atoms with van der Waals surface area (Å²) in [6.45, 7) is 6.54. The van der Waals surface area contributed by atoms with E-state index in [0.717, 1.165) is 5.56 Å². The van der Waals surface area contributed by atoms with Gasteiger partial charge in [-0.2, -0.15) is 0 Å². The van der Waals surface area contributed by atoms with Gasteiger partial charge < -0.3 is 29.2 Å². The van der Waals surface area contributed by atoms with Gasteiger partial charge >= 0.3 is 11.9 Å². The molecule has 1 aromatic rings. The molecule has 0 aromatic carbocycles. The highest BCUT2D eigenvalue weighted by atomic mass is 16.6. The number of furan rings is 1. The molecule has 0 radical (unpaired) electrons. The Balaban J connectivity index is 1.78. The van der Waals surface area contributed by atoms with Crippen LogP contribution in [0.25, 0.3) is 0 Å². The summed E-state index contributed by atoms with van der Waals surface area (Å²) in [6, 6.07) is 1.75. The van der Waals surface area contributed by atoms with Gasteiger partial charge in [0.2, 0.25) is 0 Å². The molecule has 3 aliphatic carbocycles. The summed E-state index contributed by atoms with van der Waals surface area (Å²) >= 11 is 0. The van der Waals surface area contributed by atoms with Crippen molar-refractivity contribution in [2.75, 3.05) is 0 Å². The highest BCUT2D eigenvalue weighted by Crippen LogP contribution is 2.69. The molecule has 0 spiro atoms. The Bertz CT molecular complexity index is 920. The average Bonchev–Trinajstić information content (AvgIpc) is 3.25. The van der Waals surface area contributed by atoms with E-state index in [2.05, 4.69) is 0 Å². The van der Waals surface area contributed by atoms with Crippen LogP contribution in [0.15, 0.2) is 16.7 Å². The normalized spacial score (nSPS) is 48.2. The SMILES string of the molecule is CC(=O)O[C@H]1[C@@H]2OC(=O)[C@@H]3c4ccoc4C[C@H]([C@@H]23)[C@@]2(C)[C@@H](O)[C@@H](O)CC(C)(C)[C@@]12O. The second kappa shape index (κ2) is 5.87. The zero-order valence-electron chi connectivity index (χ0n) is 17.5. The minimum Gasteiger partial charge on any atom is -0.469 e. The van der Waals surface area contributed by atoms with Crippen molar-refractivity contribution in [3.63, 3.8) is 0 Å². The van der Waals surface area contributed by atoms with Gasteiger partial charge in [0.25, 0.3) is 0 Å². The molecule has 2 saturated carbocycles. The van der Waals surface area contributed by atoms with E-state index in [-0.39, 0.29) is 6.42 Å². The minimum atomic E-state index is -1.75. The highest BCUT2D eigenvalue weighted by molar-refractivity contribution is 5.82. The Morgan fingerprint density at radius 3 is 2.63 bits per heavy atom. The van der Waals surface area contributed by atoms with Crippen LogP contribution < -0.4 is 0 Å². The topological polar surface area (TPSA) is 126 Å². The molecule has 1 aromatic heterocycles. The van der Waals surface area contributed by atoms with E-state index in [9.17, 15) is 24.9 Å². The number of aliphatic hydroxyl groups excluding tert-OH is 2. The molecule has 0 unspecified atom stereocenters. The fraction of sp³-hybridized carbons (Fsp3) is 0.727. The third-order valence-electron chi connectivity index (χ3n) is 8.58. The number of carbonyl (C=O) groups excluding carboxylic acids is 2. The van der Waals surface area contributed by atoms with E-state index in [4.69, 9.17) is 13.9 Å². The number of fused-ring (bicyclic) bond motifs is 4. The maximum atomic E-state index is 13.0. The first-order valence-corrected chi connectivity index (χ1v) is 10.5. The number of esters is 2. The molecule has 164 valence electrons. The van der Waals surface area contributed by atoms with Gasteiger partial charge in [-0.15, -0.1) is 0 Å². The smallest absolute Gasteiger partial charge is 0.314 e. The Morgan fingerprint density at radius 2 is 1.97 bits per heavy atom. The number of carbonyl (C=O) groups is 2. The van der Waals surface area contributed by atoms with E-state index >= 15 is 0 Å². The van der Waals surface area contributed by atoms with Crippen molar-refractivity contribution in [2.45, 2.75) is 76.5 Å². The third-order valence-corrected chi connectivity index (χ3v) is 8.58. The van der Waals surface area contributed by atoms with E-state index in [0.29, 0.717) is 12.2 Å². The largest absolute Gasteiger partial charge is 0.469 e. The summed E-state index contributed by atoms with van der Waals surface area (Å²) in [4.78, 5) is 25.0. The minimum absolute atomic E-state index is 0.103. The fourth-order valence-electron chi connectivity index (χ4n) is 7.34. The molecule has 0 amide bonds. The Kier molecular flexibility index (Phi) is 3.92. The van der Waals surface area contributed by atoms with Gasteiger partial charge in [0.05, 0.1) is 24.4 Å². The Hall–Kier alpha value is -1.90. The lowest BCUT2D eigenvalue weighted by Crippen LogP contribution is -2.81. The summed E-state index contributed by atoms with van der Waals surface area (Å²) in [5.41, 5.74) is -3.24. The van der Waals surface area contributed by atoms with Gasteiger partial charge in [-0.05, 0) is 18.4 Å². The molecule has 30 heavy (non-hydrogen) atoms. The second-order valence-electron chi connectivity index (χ2n) is 10.2. The van der Waals surface area contributed by atoms with Gasteiger partial charge in [0.1, 0.15) is 17.5 Å². The number of ether oxygens (including phenoxy) is 2. The van der Waals surface area contributed by atoms with Crippen molar-refractivity contribution in [2.24, 2.45) is 22.7 Å². The van der Waals surface area contributed by atoms with Crippen LogP contribution in [0.4, 0.5) is 0 Å². The van der Waals surface area contributed by atoms with Crippen LogP contribution in [-0.2, 0) is 25.5 Å². The molecular formula is C22H28O8. The van der Waals surface area contributed by atoms with Gasteiger partial charge in [-0.3, -0.25) is 9.59 Å². The van der Waals surface area contributed by atoms with Crippen molar-refractivity contribution in [3.05, 3.63) is 23.7 Å². The molecule has 1 aliphatic heterocycles. The Morgan fingerprint density at radius 1 is 1.27 bits per heavy atom. The first-order valence-electron chi connectivity index (χ1n) is 10.5. The van der Waals surface area contributed by atoms with Gasteiger partial charge in [-0.1, -0.05) is 20.8 Å². The lowest BCUT2D eigenvalue weighted by molar-refractivity contribution is -0.345. The summed E-state index contributed by atoms with van der Waals surface area (Å²) in [5.74, 6) is -1.92. The van der Waals surface area contributed by atoms with Crippen molar-refractivity contribution in [3.8, 4) is 0 Å². The first kappa shape index (κ1) is 20.0. The molecule has 1 saturated heterocycles. The van der Waals surface area contributed by atoms with Crippen molar-refractivity contribution in [1.29, 1.82) is 0 Å². The lowest BCUT2D eigenvalue weighted by atomic mass is 9.39. The predicted molar refractivity (Wildman–Crippen MR) is 101 cm³/mol. The molecule has 9 atom stereocenters. The van der Waals surface area contributed by atoms with Gasteiger partial charge in [0.15, 0.2) is 6.10 Å². The molecule has 2 heterocycles. The van der Waals surface area contributed by atoms with Crippen molar-refractivity contribution < 1.29 is 38.8 Å². The molecule has 8 nitrogen and oxygen atoms in total. The zero-order valence-corrected chi connectivity index (χ0v) is 17.5. The van der Waals surface area contributed by atoms with E-state index < -0.39 is 70.5 Å². The number of hydrogen-bond donors (Lipinski definition) is 3. The van der Waals surface area contributed by atoms with Crippen LogP contribution in [0.5, 0.6) is 0 Å². The van der Waals surface area contributed by atoms with Crippen LogP contribution in [0, 0.1) is 22.7 Å². The van der Waals surface area contributed by atoms with E-state index in [1.165, 1.54) is 13.2 Å². The van der Waals surface area contributed by atoms with Crippen molar-refractivity contribution >= 4 is 11.9 Å². The first-order chi connectivity index (χ1) is 13.9. The summed E-state index contributed by atoms with van der Waals surface area (Å²) in [6.07, 6.45) is -2.37. The lowest BCUT2D eigenvalue weighted by Gasteiger charge is -2.69. The number of hydrogen-bond acceptors (Lipinski definition) is 8. The maximum absolute atomic E-state index is 13.0. The van der Waals surface area contributed by atoms with E-state index in [1.54, 1.807) is 26.8 Å². The summed E-state index contributed by atoms with van der Waals surface area (Å²) in [7, 11) is 0.